The zero-order chi connectivity index (χ0) is 9.68. The number of hydrogen-bond donors (Lipinski definition) is 1. The predicted molar refractivity (Wildman–Crippen MR) is 48.7 cm³/mol. The van der Waals surface area contributed by atoms with Gasteiger partial charge in [-0.1, -0.05) is 18.2 Å². The van der Waals surface area contributed by atoms with Gasteiger partial charge in [0.15, 0.2) is 0 Å². The molecule has 3 heteroatoms. The lowest BCUT2D eigenvalue weighted by molar-refractivity contribution is -0.119. The summed E-state index contributed by atoms with van der Waals surface area (Å²) in [6, 6.07) is 9.28. The van der Waals surface area contributed by atoms with Gasteiger partial charge in [0.1, 0.15) is 0 Å². The Morgan fingerprint density at radius 2 is 2.23 bits per heavy atom. The third-order valence-corrected chi connectivity index (χ3v) is 1.67. The molecule has 0 spiro atoms. The Bertz CT molecular complexity index is 352. The van der Waals surface area contributed by atoms with Crippen LogP contribution in [-0.4, -0.2) is 5.91 Å². The second-order valence-corrected chi connectivity index (χ2v) is 2.68. The fourth-order valence-electron chi connectivity index (χ4n) is 1.00. The summed E-state index contributed by atoms with van der Waals surface area (Å²) in [5.41, 5.74) is 1.46. The predicted octanol–water partition coefficient (Wildman–Crippen LogP) is 1.19. The molecule has 0 aliphatic heterocycles. The van der Waals surface area contributed by atoms with E-state index in [9.17, 15) is 4.79 Å². The van der Waals surface area contributed by atoms with Crippen molar-refractivity contribution in [2.24, 2.45) is 0 Å². The van der Waals surface area contributed by atoms with E-state index < -0.39 is 0 Å². The number of carbonyl (C=O) groups is 1. The summed E-state index contributed by atoms with van der Waals surface area (Å²) in [7, 11) is 0. The molecule has 0 radical (unpaired) electrons. The largest absolute Gasteiger partial charge is 0.352 e. The first kappa shape index (κ1) is 9.27. The summed E-state index contributed by atoms with van der Waals surface area (Å²) < 4.78 is 0. The van der Waals surface area contributed by atoms with Crippen LogP contribution in [-0.2, 0) is 11.3 Å². The molecule has 1 aromatic carbocycles. The number of nitrogens with zero attached hydrogens (tertiary/aromatic N) is 1. The zero-order valence-electron chi connectivity index (χ0n) is 7.37. The molecule has 1 aromatic rings. The van der Waals surface area contributed by atoms with Crippen molar-refractivity contribution in [3.63, 3.8) is 0 Å². The van der Waals surface area contributed by atoms with Crippen LogP contribution in [0, 0.1) is 11.3 Å². The van der Waals surface area contributed by atoms with Gasteiger partial charge in [-0.2, -0.15) is 5.26 Å². The Kier molecular flexibility index (Phi) is 3.04. The van der Waals surface area contributed by atoms with Gasteiger partial charge in [-0.3, -0.25) is 4.79 Å². The van der Waals surface area contributed by atoms with Crippen molar-refractivity contribution in [2.45, 2.75) is 13.5 Å². The van der Waals surface area contributed by atoms with E-state index in [2.05, 4.69) is 11.4 Å². The summed E-state index contributed by atoms with van der Waals surface area (Å²) in [4.78, 5) is 10.6. The molecular weight excluding hydrogens is 164 g/mol. The molecule has 1 rings (SSSR count). The lowest BCUT2D eigenvalue weighted by atomic mass is 10.1. The number of nitriles is 1. The van der Waals surface area contributed by atoms with E-state index in [0.29, 0.717) is 12.1 Å². The van der Waals surface area contributed by atoms with E-state index in [-0.39, 0.29) is 5.91 Å². The Morgan fingerprint density at radius 3 is 2.85 bits per heavy atom. The first-order valence-electron chi connectivity index (χ1n) is 3.96. The molecule has 0 aromatic heterocycles. The highest BCUT2D eigenvalue weighted by Gasteiger charge is 1.99. The normalized spacial score (nSPS) is 8.92. The maximum atomic E-state index is 10.6. The van der Waals surface area contributed by atoms with E-state index >= 15 is 0 Å². The summed E-state index contributed by atoms with van der Waals surface area (Å²) in [5, 5.41) is 11.4. The Balaban J connectivity index is 2.77. The van der Waals surface area contributed by atoms with Crippen molar-refractivity contribution in [2.75, 3.05) is 0 Å². The van der Waals surface area contributed by atoms with E-state index in [4.69, 9.17) is 5.26 Å². The molecule has 0 unspecified atom stereocenters. The van der Waals surface area contributed by atoms with Crippen molar-refractivity contribution in [3.8, 4) is 6.07 Å². The molecule has 3 nitrogen and oxygen atoms in total. The Morgan fingerprint density at radius 1 is 1.54 bits per heavy atom. The molecular formula is C10H10N2O. The fraction of sp³-hybridized carbons (Fsp3) is 0.200. The molecule has 0 aliphatic carbocycles. The van der Waals surface area contributed by atoms with Crippen molar-refractivity contribution >= 4 is 5.91 Å². The molecule has 0 bridgehead atoms. The van der Waals surface area contributed by atoms with Crippen molar-refractivity contribution in [3.05, 3.63) is 35.4 Å². The molecule has 0 fully saturated rings. The molecule has 0 heterocycles. The molecule has 66 valence electrons. The minimum absolute atomic E-state index is 0.0901. The van der Waals surface area contributed by atoms with Crippen molar-refractivity contribution in [1.82, 2.24) is 5.32 Å². The number of hydrogen-bond acceptors (Lipinski definition) is 2. The van der Waals surface area contributed by atoms with Crippen LogP contribution in [0.5, 0.6) is 0 Å². The van der Waals surface area contributed by atoms with E-state index in [0.717, 1.165) is 5.56 Å². The minimum atomic E-state index is -0.0901. The third kappa shape index (κ3) is 2.60. The van der Waals surface area contributed by atoms with E-state index in [1.165, 1.54) is 6.92 Å². The van der Waals surface area contributed by atoms with Gasteiger partial charge in [-0.05, 0) is 11.6 Å². The molecule has 13 heavy (non-hydrogen) atoms. The quantitative estimate of drug-likeness (QED) is 0.732. The average Bonchev–Trinajstić information content (AvgIpc) is 2.15. The molecule has 0 aliphatic rings. The smallest absolute Gasteiger partial charge is 0.217 e. The number of carbonyl (C=O) groups excluding carboxylic acids is 1. The monoisotopic (exact) mass is 174 g/mol. The SMILES string of the molecule is CC(=O)NCc1ccccc1C#N. The lowest BCUT2D eigenvalue weighted by Crippen LogP contribution is -2.19. The minimum Gasteiger partial charge on any atom is -0.352 e. The van der Waals surface area contributed by atoms with Gasteiger partial charge in [0.25, 0.3) is 0 Å². The fourth-order valence-corrected chi connectivity index (χ4v) is 1.00. The van der Waals surface area contributed by atoms with Gasteiger partial charge in [-0.25, -0.2) is 0 Å². The van der Waals surface area contributed by atoms with Crippen molar-refractivity contribution in [1.29, 1.82) is 5.26 Å². The van der Waals surface area contributed by atoms with Crippen LogP contribution in [0.4, 0.5) is 0 Å². The number of nitrogens with one attached hydrogen (secondary N) is 1. The average molecular weight is 174 g/mol. The van der Waals surface area contributed by atoms with Gasteiger partial charge >= 0.3 is 0 Å². The van der Waals surface area contributed by atoms with E-state index in [1.54, 1.807) is 12.1 Å². The second-order valence-electron chi connectivity index (χ2n) is 2.68. The van der Waals surface area contributed by atoms with Crippen LogP contribution in [0.3, 0.4) is 0 Å². The third-order valence-electron chi connectivity index (χ3n) is 1.67. The zero-order valence-corrected chi connectivity index (χ0v) is 7.37. The summed E-state index contributed by atoms with van der Waals surface area (Å²) in [6.07, 6.45) is 0. The first-order valence-corrected chi connectivity index (χ1v) is 3.96. The summed E-state index contributed by atoms with van der Waals surface area (Å²) in [5.74, 6) is -0.0901. The van der Waals surface area contributed by atoms with E-state index in [1.807, 2.05) is 12.1 Å². The van der Waals surface area contributed by atoms with Crippen LogP contribution in [0.15, 0.2) is 24.3 Å². The Labute approximate surface area is 77.0 Å². The maximum absolute atomic E-state index is 10.6. The standard InChI is InChI=1S/C10H10N2O/c1-8(13)12-7-10-5-3-2-4-9(10)6-11/h2-5H,7H2,1H3,(H,12,13). The van der Waals surface area contributed by atoms with Crippen molar-refractivity contribution < 1.29 is 4.79 Å². The van der Waals surface area contributed by atoms with Gasteiger partial charge in [0, 0.05) is 13.5 Å². The second kappa shape index (κ2) is 4.27. The van der Waals surface area contributed by atoms with Crippen LogP contribution in [0.1, 0.15) is 18.1 Å². The topological polar surface area (TPSA) is 52.9 Å². The molecule has 1 amide bonds. The molecule has 0 atom stereocenters. The van der Waals surface area contributed by atoms with Crippen LogP contribution in [0.2, 0.25) is 0 Å². The highest BCUT2D eigenvalue weighted by molar-refractivity contribution is 5.72. The highest BCUT2D eigenvalue weighted by atomic mass is 16.1. The number of amides is 1. The number of rotatable bonds is 2. The number of benzene rings is 1. The van der Waals surface area contributed by atoms with Gasteiger partial charge in [-0.15, -0.1) is 0 Å². The molecule has 0 saturated heterocycles. The lowest BCUT2D eigenvalue weighted by Gasteiger charge is -2.03. The highest BCUT2D eigenvalue weighted by Crippen LogP contribution is 2.06. The van der Waals surface area contributed by atoms with Crippen LogP contribution >= 0.6 is 0 Å². The molecule has 0 saturated carbocycles. The van der Waals surface area contributed by atoms with Crippen LogP contribution < -0.4 is 5.32 Å². The van der Waals surface area contributed by atoms with Crippen LogP contribution in [0.25, 0.3) is 0 Å². The molecule has 1 N–H and O–H groups in total. The maximum Gasteiger partial charge on any atom is 0.217 e. The van der Waals surface area contributed by atoms with Gasteiger partial charge in [0.2, 0.25) is 5.91 Å². The summed E-state index contributed by atoms with van der Waals surface area (Å²) in [6.45, 7) is 1.87. The van der Waals surface area contributed by atoms with Gasteiger partial charge in [0.05, 0.1) is 11.6 Å². The summed E-state index contributed by atoms with van der Waals surface area (Å²) >= 11 is 0. The first-order chi connectivity index (χ1) is 6.24. The van der Waals surface area contributed by atoms with Gasteiger partial charge < -0.3 is 5.32 Å². The Hall–Kier alpha value is -1.82.